The summed E-state index contributed by atoms with van der Waals surface area (Å²) >= 11 is 0. The van der Waals surface area contributed by atoms with Crippen LogP contribution < -0.4 is 26.6 Å². The van der Waals surface area contributed by atoms with Gasteiger partial charge in [0, 0.05) is 23.7 Å². The minimum atomic E-state index is -2.94. The fourth-order valence-corrected chi connectivity index (χ4v) is 5.82. The number of nitrogens with zero attached hydrogens (tertiary/aromatic N) is 1. The second kappa shape index (κ2) is 16.1. The number of carbonyl (C=O) groups excluding carboxylic acids is 4. The Hall–Kier alpha value is -6.31. The van der Waals surface area contributed by atoms with Crippen LogP contribution >= 0.6 is 0 Å². The highest BCUT2D eigenvalue weighted by atomic mass is 19.3. The van der Waals surface area contributed by atoms with Crippen molar-refractivity contribution >= 4 is 35.5 Å². The third-order valence-electron chi connectivity index (χ3n) is 8.43. The molecular formula is C38H36F2N6O6. The monoisotopic (exact) mass is 710 g/mol. The molecule has 0 fully saturated rings. The van der Waals surface area contributed by atoms with Crippen LogP contribution in [0.4, 0.5) is 19.3 Å². The number of carbonyl (C=O) groups is 4. The summed E-state index contributed by atoms with van der Waals surface area (Å²) < 4.78 is 37.8. The van der Waals surface area contributed by atoms with Gasteiger partial charge in [-0.25, -0.2) is 23.4 Å². The van der Waals surface area contributed by atoms with Crippen molar-refractivity contribution in [2.45, 2.75) is 24.5 Å². The van der Waals surface area contributed by atoms with Crippen molar-refractivity contribution in [1.82, 2.24) is 21.3 Å². The number of rotatable bonds is 12. The Kier molecular flexibility index (Phi) is 11.0. The first kappa shape index (κ1) is 35.5. The van der Waals surface area contributed by atoms with E-state index in [4.69, 9.17) is 9.47 Å². The molecule has 4 aromatic carbocycles. The molecule has 1 atom stereocenters. The van der Waals surface area contributed by atoms with E-state index in [0.29, 0.717) is 5.69 Å². The second-order valence-corrected chi connectivity index (χ2v) is 12.2. The number of nitrogens with one attached hydrogen (secondary N) is 5. The molecular weight excluding hydrogens is 674 g/mol. The first-order valence-electron chi connectivity index (χ1n) is 16.6. The highest BCUT2D eigenvalue weighted by Gasteiger charge is 2.32. The van der Waals surface area contributed by atoms with Gasteiger partial charge in [-0.05, 0) is 46.0 Å². The van der Waals surface area contributed by atoms with E-state index in [1.165, 1.54) is 12.1 Å². The van der Waals surface area contributed by atoms with Crippen LogP contribution in [-0.2, 0) is 25.7 Å². The number of guanidine groups is 1. The Labute approximate surface area is 298 Å². The molecule has 3 amide bonds. The van der Waals surface area contributed by atoms with Crippen LogP contribution in [0.25, 0.3) is 11.1 Å². The first-order chi connectivity index (χ1) is 25.1. The number of ether oxygens (including phenoxy) is 2. The fraction of sp³-hybridized carbons (Fsp3) is 0.237. The summed E-state index contributed by atoms with van der Waals surface area (Å²) in [5.74, 6) is -5.02. The maximum absolute atomic E-state index is 13.4. The van der Waals surface area contributed by atoms with Crippen molar-refractivity contribution in [3.8, 4) is 11.1 Å². The quantitative estimate of drug-likeness (QED) is 0.137. The standard InChI is InChI=1S/C38H36F2N6O6/c39-38(40)22-43-36(44-23-38)45-26-12-8-11-25(17-26)34(48)42-19-33(47)41-18-32(35(49)51-20-24-9-2-1-3-10-24)46-37(50)52-21-31-29-15-6-4-13-27(29)28-14-5-7-16-30(28)31/h1-17,31-32H,18-23H2,(H,41,47)(H,42,48)(H,46,50)(H2,43,44,45)/t32-/m1/s1. The Bertz CT molecular complexity index is 1930. The summed E-state index contributed by atoms with van der Waals surface area (Å²) in [6.45, 7) is -2.07. The average Bonchev–Trinajstić information content (AvgIpc) is 3.48. The second-order valence-electron chi connectivity index (χ2n) is 12.2. The first-order valence-corrected chi connectivity index (χ1v) is 16.6. The molecule has 0 aromatic heterocycles. The normalized spacial score (nSPS) is 14.7. The zero-order valence-electron chi connectivity index (χ0n) is 27.9. The molecule has 5 N–H and O–H groups in total. The van der Waals surface area contributed by atoms with Gasteiger partial charge in [0.1, 0.15) is 25.8 Å². The van der Waals surface area contributed by atoms with Gasteiger partial charge < -0.3 is 36.1 Å². The molecule has 1 aliphatic heterocycles. The van der Waals surface area contributed by atoms with Gasteiger partial charge in [0.25, 0.3) is 11.8 Å². The third-order valence-corrected chi connectivity index (χ3v) is 8.43. The highest BCUT2D eigenvalue weighted by molar-refractivity contribution is 5.99. The number of aliphatic imine (C=N–C) groups is 1. The van der Waals surface area contributed by atoms with Gasteiger partial charge in [-0.2, -0.15) is 0 Å². The lowest BCUT2D eigenvalue weighted by Gasteiger charge is -2.23. The third kappa shape index (κ3) is 9.07. The topological polar surface area (TPSA) is 159 Å². The van der Waals surface area contributed by atoms with Crippen LogP contribution in [0.2, 0.25) is 0 Å². The van der Waals surface area contributed by atoms with E-state index in [1.807, 2.05) is 54.6 Å². The largest absolute Gasteiger partial charge is 0.459 e. The summed E-state index contributed by atoms with van der Waals surface area (Å²) in [6.07, 6.45) is -0.873. The van der Waals surface area contributed by atoms with Crippen LogP contribution in [0.1, 0.15) is 33.0 Å². The van der Waals surface area contributed by atoms with Crippen molar-refractivity contribution in [2.75, 3.05) is 38.1 Å². The zero-order chi connectivity index (χ0) is 36.5. The molecule has 14 heteroatoms. The predicted octanol–water partition coefficient (Wildman–Crippen LogP) is 4.19. The van der Waals surface area contributed by atoms with Gasteiger partial charge in [-0.1, -0.05) is 84.9 Å². The molecule has 6 rings (SSSR count). The summed E-state index contributed by atoms with van der Waals surface area (Å²) in [4.78, 5) is 55.5. The van der Waals surface area contributed by atoms with Gasteiger partial charge in [0.05, 0.1) is 13.1 Å². The van der Waals surface area contributed by atoms with Crippen molar-refractivity contribution < 1.29 is 37.4 Å². The average molecular weight is 711 g/mol. The lowest BCUT2D eigenvalue weighted by molar-refractivity contribution is -0.147. The van der Waals surface area contributed by atoms with E-state index in [0.717, 1.165) is 27.8 Å². The lowest BCUT2D eigenvalue weighted by Crippen LogP contribution is -2.50. The van der Waals surface area contributed by atoms with E-state index >= 15 is 0 Å². The molecule has 0 spiro atoms. The molecule has 2 aliphatic rings. The van der Waals surface area contributed by atoms with E-state index in [1.54, 1.807) is 36.4 Å². The number of esters is 1. The highest BCUT2D eigenvalue weighted by Crippen LogP contribution is 2.44. The number of hydrogen-bond acceptors (Lipinski definition) is 9. The van der Waals surface area contributed by atoms with Gasteiger partial charge in [0.2, 0.25) is 5.91 Å². The molecule has 0 unspecified atom stereocenters. The Morgan fingerprint density at radius 2 is 1.54 bits per heavy atom. The minimum Gasteiger partial charge on any atom is -0.459 e. The number of alkyl carbamates (subject to hydrolysis) is 1. The SMILES string of the molecule is O=C(CNC(=O)c1cccc(NC2=NCC(F)(F)CN2)c1)NC[C@@H](NC(=O)OCC1c2ccccc2-c2ccccc21)C(=O)OCc1ccccc1. The Morgan fingerprint density at radius 3 is 2.23 bits per heavy atom. The number of anilines is 1. The van der Waals surface area contributed by atoms with Crippen LogP contribution in [0.15, 0.2) is 108 Å². The van der Waals surface area contributed by atoms with Gasteiger partial charge >= 0.3 is 12.1 Å². The van der Waals surface area contributed by atoms with Crippen molar-refractivity contribution in [3.05, 3.63) is 125 Å². The number of benzene rings is 4. The van der Waals surface area contributed by atoms with E-state index in [2.05, 4.69) is 31.6 Å². The zero-order valence-corrected chi connectivity index (χ0v) is 27.9. The van der Waals surface area contributed by atoms with Crippen LogP contribution in [-0.4, -0.2) is 74.6 Å². The number of alkyl halides is 2. The minimum absolute atomic E-state index is 0.0152. The van der Waals surface area contributed by atoms with Gasteiger partial charge in [-0.3, -0.25) is 9.59 Å². The number of hydrogen-bond donors (Lipinski definition) is 5. The predicted molar refractivity (Wildman–Crippen MR) is 189 cm³/mol. The summed E-state index contributed by atoms with van der Waals surface area (Å²) in [7, 11) is 0. The van der Waals surface area contributed by atoms with E-state index in [9.17, 15) is 28.0 Å². The van der Waals surface area contributed by atoms with Gasteiger partial charge in [0.15, 0.2) is 5.96 Å². The molecule has 12 nitrogen and oxygen atoms in total. The number of fused-ring (bicyclic) bond motifs is 3. The fourth-order valence-electron chi connectivity index (χ4n) is 5.82. The van der Waals surface area contributed by atoms with Crippen LogP contribution in [0.3, 0.4) is 0 Å². The van der Waals surface area contributed by atoms with Crippen LogP contribution in [0.5, 0.6) is 0 Å². The lowest BCUT2D eigenvalue weighted by atomic mass is 9.98. The maximum Gasteiger partial charge on any atom is 0.407 e. The molecule has 1 aliphatic carbocycles. The molecule has 0 saturated carbocycles. The van der Waals surface area contributed by atoms with Crippen molar-refractivity contribution in [2.24, 2.45) is 4.99 Å². The molecule has 268 valence electrons. The molecule has 0 bridgehead atoms. The molecule has 52 heavy (non-hydrogen) atoms. The summed E-state index contributed by atoms with van der Waals surface area (Å²) in [5.41, 5.74) is 5.52. The molecule has 0 saturated heterocycles. The summed E-state index contributed by atoms with van der Waals surface area (Å²) in [6, 6.07) is 29.6. The Morgan fingerprint density at radius 1 is 0.846 bits per heavy atom. The van der Waals surface area contributed by atoms with Gasteiger partial charge in [-0.15, -0.1) is 0 Å². The van der Waals surface area contributed by atoms with Crippen LogP contribution in [0, 0.1) is 0 Å². The molecule has 1 heterocycles. The summed E-state index contributed by atoms with van der Waals surface area (Å²) in [5, 5.41) is 12.9. The van der Waals surface area contributed by atoms with E-state index < -0.39 is 55.5 Å². The van der Waals surface area contributed by atoms with E-state index in [-0.39, 0.29) is 37.2 Å². The van der Waals surface area contributed by atoms with Crippen molar-refractivity contribution in [3.63, 3.8) is 0 Å². The molecule has 4 aromatic rings. The Balaban J connectivity index is 1.03. The number of amides is 3. The smallest absolute Gasteiger partial charge is 0.407 e. The number of halogens is 2. The maximum atomic E-state index is 13.4. The molecule has 0 radical (unpaired) electrons. The van der Waals surface area contributed by atoms with Crippen molar-refractivity contribution in [1.29, 1.82) is 0 Å².